The fraction of sp³-hybridized carbons (Fsp3) is 0.333. The van der Waals surface area contributed by atoms with Crippen LogP contribution >= 0.6 is 0 Å². The number of ether oxygens (including phenoxy) is 3. The first-order valence-corrected chi connectivity index (χ1v) is 12.8. The van der Waals surface area contributed by atoms with Crippen molar-refractivity contribution in [2.45, 2.75) is 39.6 Å². The number of aliphatic hydroxyl groups is 1. The van der Waals surface area contributed by atoms with Gasteiger partial charge < -0.3 is 35.1 Å². The number of amides is 1. The minimum Gasteiger partial charge on any atom is -0.508 e. The van der Waals surface area contributed by atoms with Crippen LogP contribution < -0.4 is 15.4 Å². The summed E-state index contributed by atoms with van der Waals surface area (Å²) in [5.41, 5.74) is 3.93. The maximum atomic E-state index is 11.2. The molecule has 0 aliphatic carbocycles. The number of hydrogen-bond acceptors (Lipinski definition) is 8. The minimum absolute atomic E-state index is 0.0191. The largest absolute Gasteiger partial charge is 0.508 e. The van der Waals surface area contributed by atoms with Gasteiger partial charge in [0.15, 0.2) is 0 Å². The van der Waals surface area contributed by atoms with Gasteiger partial charge in [-0.05, 0) is 66.1 Å². The average molecular weight is 537 g/mol. The quantitative estimate of drug-likeness (QED) is 0.170. The lowest BCUT2D eigenvalue weighted by atomic mass is 10.1. The number of carbonyl (C=O) groups is 2. The summed E-state index contributed by atoms with van der Waals surface area (Å²) < 4.78 is 16.4. The highest BCUT2D eigenvalue weighted by Crippen LogP contribution is 2.23. The number of anilines is 1. The van der Waals surface area contributed by atoms with E-state index >= 15 is 0 Å². The number of esters is 1. The molecule has 39 heavy (non-hydrogen) atoms. The molecule has 9 nitrogen and oxygen atoms in total. The third-order valence-corrected chi connectivity index (χ3v) is 5.78. The maximum Gasteiger partial charge on any atom is 0.302 e. The van der Waals surface area contributed by atoms with Gasteiger partial charge in [0.1, 0.15) is 24.7 Å². The standard InChI is InChI=1S/C30H36N2O7/c1-21(33)32-27-5-3-4-24(16-27)19-37-14-15-38-28-9-6-23(7-10-28)12-13-31-18-30(36)25-8-11-29(35)26(17-25)20-39-22(2)34/h3-11,16-17,30-31,35-36H,12-15,18-20H2,1-2H3,(H,32,33)/t30-/m0/s1. The van der Waals surface area contributed by atoms with E-state index in [9.17, 15) is 19.8 Å². The Balaban J connectivity index is 1.32. The number of nitrogens with one attached hydrogen (secondary N) is 2. The highest BCUT2D eigenvalue weighted by molar-refractivity contribution is 5.88. The zero-order chi connectivity index (χ0) is 28.0. The Morgan fingerprint density at radius 3 is 2.46 bits per heavy atom. The fourth-order valence-electron chi connectivity index (χ4n) is 3.80. The molecule has 0 bridgehead atoms. The Kier molecular flexibility index (Phi) is 11.8. The maximum absolute atomic E-state index is 11.2. The average Bonchev–Trinajstić information content (AvgIpc) is 2.91. The van der Waals surface area contributed by atoms with Crippen LogP contribution in [0.25, 0.3) is 0 Å². The predicted molar refractivity (Wildman–Crippen MR) is 147 cm³/mol. The summed E-state index contributed by atoms with van der Waals surface area (Å²) >= 11 is 0. The van der Waals surface area contributed by atoms with Gasteiger partial charge in [0.05, 0.1) is 19.3 Å². The van der Waals surface area contributed by atoms with Crippen LogP contribution in [0.2, 0.25) is 0 Å². The molecule has 1 atom stereocenters. The number of hydrogen-bond donors (Lipinski definition) is 4. The number of aliphatic hydroxyl groups excluding tert-OH is 1. The number of phenols is 1. The molecule has 0 spiro atoms. The van der Waals surface area contributed by atoms with Gasteiger partial charge in [-0.2, -0.15) is 0 Å². The molecule has 0 heterocycles. The molecule has 3 rings (SSSR count). The molecule has 0 unspecified atom stereocenters. The van der Waals surface area contributed by atoms with Crippen molar-refractivity contribution in [2.24, 2.45) is 0 Å². The predicted octanol–water partition coefficient (Wildman–Crippen LogP) is 3.88. The summed E-state index contributed by atoms with van der Waals surface area (Å²) in [5, 5.41) is 26.4. The molecule has 0 fully saturated rings. The molecule has 9 heteroatoms. The molecule has 208 valence electrons. The number of aromatic hydroxyl groups is 1. The van der Waals surface area contributed by atoms with Gasteiger partial charge in [-0.3, -0.25) is 9.59 Å². The molecular formula is C30H36N2O7. The SMILES string of the molecule is CC(=O)Nc1cccc(COCCOc2ccc(CCNC[C@H](O)c3ccc(O)c(COC(C)=O)c3)cc2)c1. The molecule has 0 radical (unpaired) electrons. The molecule has 3 aromatic carbocycles. The zero-order valence-electron chi connectivity index (χ0n) is 22.3. The van der Waals surface area contributed by atoms with Gasteiger partial charge in [0.25, 0.3) is 0 Å². The Hall–Kier alpha value is -3.92. The van der Waals surface area contributed by atoms with Crippen molar-refractivity contribution in [3.8, 4) is 11.5 Å². The number of rotatable bonds is 15. The van der Waals surface area contributed by atoms with Gasteiger partial charge in [-0.25, -0.2) is 0 Å². The Bertz CT molecular complexity index is 1210. The second-order valence-corrected chi connectivity index (χ2v) is 9.06. The van der Waals surface area contributed by atoms with Gasteiger partial charge in [0, 0.05) is 31.6 Å². The van der Waals surface area contributed by atoms with Crippen LogP contribution in [0.5, 0.6) is 11.5 Å². The second-order valence-electron chi connectivity index (χ2n) is 9.06. The van der Waals surface area contributed by atoms with E-state index < -0.39 is 12.1 Å². The van der Waals surface area contributed by atoms with Crippen molar-refractivity contribution in [1.29, 1.82) is 0 Å². The fourth-order valence-corrected chi connectivity index (χ4v) is 3.80. The summed E-state index contributed by atoms with van der Waals surface area (Å²) in [5.74, 6) is 0.234. The first kappa shape index (κ1) is 29.6. The van der Waals surface area contributed by atoms with Gasteiger partial charge in [-0.1, -0.05) is 30.3 Å². The Labute approximate surface area is 228 Å². The molecule has 0 aromatic heterocycles. The lowest BCUT2D eigenvalue weighted by Gasteiger charge is -2.14. The highest BCUT2D eigenvalue weighted by Gasteiger charge is 2.11. The van der Waals surface area contributed by atoms with Crippen molar-refractivity contribution in [1.82, 2.24) is 5.32 Å². The van der Waals surface area contributed by atoms with Crippen LogP contribution in [-0.2, 0) is 38.7 Å². The summed E-state index contributed by atoms with van der Waals surface area (Å²) in [6, 6.07) is 20.2. The van der Waals surface area contributed by atoms with Crippen molar-refractivity contribution in [3.05, 3.63) is 89.0 Å². The van der Waals surface area contributed by atoms with Crippen molar-refractivity contribution in [2.75, 3.05) is 31.6 Å². The Morgan fingerprint density at radius 1 is 0.923 bits per heavy atom. The monoisotopic (exact) mass is 536 g/mol. The zero-order valence-corrected chi connectivity index (χ0v) is 22.3. The van der Waals surface area contributed by atoms with Gasteiger partial charge >= 0.3 is 5.97 Å². The highest BCUT2D eigenvalue weighted by atomic mass is 16.5. The van der Waals surface area contributed by atoms with E-state index in [4.69, 9.17) is 14.2 Å². The van der Waals surface area contributed by atoms with Gasteiger partial charge in [0.2, 0.25) is 5.91 Å². The van der Waals surface area contributed by atoms with Crippen molar-refractivity contribution in [3.63, 3.8) is 0 Å². The molecule has 0 aliphatic heterocycles. The third-order valence-electron chi connectivity index (χ3n) is 5.78. The van der Waals surface area contributed by atoms with E-state index in [1.54, 1.807) is 12.1 Å². The summed E-state index contributed by atoms with van der Waals surface area (Å²) in [4.78, 5) is 22.2. The molecule has 1 amide bonds. The van der Waals surface area contributed by atoms with Gasteiger partial charge in [-0.15, -0.1) is 0 Å². The molecule has 0 aliphatic rings. The van der Waals surface area contributed by atoms with E-state index in [-0.39, 0.29) is 18.3 Å². The van der Waals surface area contributed by atoms with Crippen LogP contribution in [0.1, 0.15) is 42.2 Å². The number of carbonyl (C=O) groups excluding carboxylic acids is 2. The third kappa shape index (κ3) is 10.8. The first-order chi connectivity index (χ1) is 18.8. The molecular weight excluding hydrogens is 500 g/mol. The summed E-state index contributed by atoms with van der Waals surface area (Å²) in [6.45, 7) is 5.04. The van der Waals surface area contributed by atoms with E-state index in [0.717, 1.165) is 29.0 Å². The lowest BCUT2D eigenvalue weighted by molar-refractivity contribution is -0.142. The number of phenolic OH excluding ortho intramolecular Hbond substituents is 1. The summed E-state index contributed by atoms with van der Waals surface area (Å²) in [7, 11) is 0. The van der Waals surface area contributed by atoms with Crippen LogP contribution in [0.4, 0.5) is 5.69 Å². The second kappa shape index (κ2) is 15.5. The summed E-state index contributed by atoms with van der Waals surface area (Å²) in [6.07, 6.45) is 0.0156. The van der Waals surface area contributed by atoms with Crippen molar-refractivity contribution >= 4 is 17.6 Å². The lowest BCUT2D eigenvalue weighted by Crippen LogP contribution is -2.23. The van der Waals surface area contributed by atoms with Crippen LogP contribution in [-0.4, -0.2) is 48.4 Å². The van der Waals surface area contributed by atoms with Crippen molar-refractivity contribution < 1.29 is 34.0 Å². The topological polar surface area (TPSA) is 126 Å². The normalized spacial score (nSPS) is 11.6. The molecule has 0 saturated carbocycles. The van der Waals surface area contributed by atoms with Crippen LogP contribution in [0.15, 0.2) is 66.7 Å². The van der Waals surface area contributed by atoms with Crippen LogP contribution in [0, 0.1) is 0 Å². The number of benzene rings is 3. The molecule has 0 saturated heterocycles. The van der Waals surface area contributed by atoms with E-state index in [1.807, 2.05) is 48.5 Å². The van der Waals surface area contributed by atoms with Crippen LogP contribution in [0.3, 0.4) is 0 Å². The van der Waals surface area contributed by atoms with E-state index in [2.05, 4.69) is 10.6 Å². The van der Waals surface area contributed by atoms with E-state index in [0.29, 0.717) is 44.0 Å². The minimum atomic E-state index is -0.763. The first-order valence-electron chi connectivity index (χ1n) is 12.8. The van der Waals surface area contributed by atoms with E-state index in [1.165, 1.54) is 19.9 Å². The molecule has 4 N–H and O–H groups in total. The smallest absolute Gasteiger partial charge is 0.302 e. The molecule has 3 aromatic rings. The Morgan fingerprint density at radius 2 is 1.72 bits per heavy atom.